The lowest BCUT2D eigenvalue weighted by Gasteiger charge is -2.03. The van der Waals surface area contributed by atoms with Crippen molar-refractivity contribution in [1.82, 2.24) is 0 Å². The van der Waals surface area contributed by atoms with E-state index in [0.717, 1.165) is 12.8 Å². The van der Waals surface area contributed by atoms with Crippen LogP contribution in [0.4, 0.5) is 0 Å². The van der Waals surface area contributed by atoms with Crippen LogP contribution >= 0.6 is 0 Å². The number of esters is 1. The summed E-state index contributed by atoms with van der Waals surface area (Å²) in [5.74, 6) is -0.200. The van der Waals surface area contributed by atoms with E-state index in [4.69, 9.17) is 9.84 Å². The van der Waals surface area contributed by atoms with Crippen LogP contribution in [0.1, 0.15) is 55.8 Å². The number of carbonyl (C=O) groups is 1. The molecule has 1 rings (SSSR count). The van der Waals surface area contributed by atoms with Crippen molar-refractivity contribution < 1.29 is 14.6 Å². The minimum Gasteiger partial charge on any atom is -0.508 e. The van der Waals surface area contributed by atoms with Crippen LogP contribution in [0.25, 0.3) is 0 Å². The molecule has 0 aliphatic carbocycles. The molecule has 0 radical (unpaired) electrons. The van der Waals surface area contributed by atoms with Gasteiger partial charge in [-0.25, -0.2) is 4.79 Å². The molecule has 110 valence electrons. The molecule has 0 atom stereocenters. The molecule has 1 aromatic rings. The van der Waals surface area contributed by atoms with Gasteiger partial charge in [-0.1, -0.05) is 38.3 Å². The van der Waals surface area contributed by atoms with Gasteiger partial charge in [0, 0.05) is 0 Å². The molecule has 0 aliphatic heterocycles. The second-order valence-corrected chi connectivity index (χ2v) is 4.79. The predicted molar refractivity (Wildman–Crippen MR) is 80.9 cm³/mol. The van der Waals surface area contributed by atoms with Crippen LogP contribution in [-0.2, 0) is 4.74 Å². The predicted octanol–water partition coefficient (Wildman–Crippen LogP) is 4.47. The lowest BCUT2D eigenvalue weighted by Crippen LogP contribution is -2.05. The Balaban J connectivity index is 2.10. The highest BCUT2D eigenvalue weighted by Crippen LogP contribution is 2.10. The van der Waals surface area contributed by atoms with Crippen molar-refractivity contribution in [2.75, 3.05) is 6.61 Å². The number of phenols is 1. The molecule has 0 fully saturated rings. The zero-order valence-corrected chi connectivity index (χ0v) is 12.2. The van der Waals surface area contributed by atoms with Crippen LogP contribution in [-0.4, -0.2) is 17.7 Å². The fourth-order valence-electron chi connectivity index (χ4n) is 1.83. The first-order valence-corrected chi connectivity index (χ1v) is 7.35. The van der Waals surface area contributed by atoms with Gasteiger partial charge >= 0.3 is 5.97 Å². The summed E-state index contributed by atoms with van der Waals surface area (Å²) in [5, 5.41) is 9.13. The van der Waals surface area contributed by atoms with Crippen molar-refractivity contribution in [3.05, 3.63) is 42.0 Å². The van der Waals surface area contributed by atoms with Gasteiger partial charge in [0.1, 0.15) is 5.75 Å². The number of aromatic hydroxyl groups is 1. The normalized spacial score (nSPS) is 10.8. The van der Waals surface area contributed by atoms with Crippen molar-refractivity contribution in [1.29, 1.82) is 0 Å². The molecular weight excluding hydrogens is 252 g/mol. The molecule has 0 amide bonds. The minimum atomic E-state index is -0.346. The van der Waals surface area contributed by atoms with E-state index in [1.807, 2.05) is 0 Å². The highest BCUT2D eigenvalue weighted by atomic mass is 16.5. The first kappa shape index (κ1) is 16.3. The number of rotatable bonds is 9. The molecule has 0 unspecified atom stereocenters. The largest absolute Gasteiger partial charge is 0.508 e. The summed E-state index contributed by atoms with van der Waals surface area (Å²) in [4.78, 5) is 11.6. The third-order valence-corrected chi connectivity index (χ3v) is 3.01. The van der Waals surface area contributed by atoms with Crippen LogP contribution in [0, 0.1) is 0 Å². The first-order chi connectivity index (χ1) is 9.74. The van der Waals surface area contributed by atoms with Gasteiger partial charge in [-0.3, -0.25) is 0 Å². The highest BCUT2D eigenvalue weighted by Gasteiger charge is 2.05. The third kappa shape index (κ3) is 6.98. The van der Waals surface area contributed by atoms with Gasteiger partial charge in [-0.15, -0.1) is 0 Å². The number of unbranched alkanes of at least 4 members (excludes halogenated alkanes) is 4. The van der Waals surface area contributed by atoms with Crippen molar-refractivity contribution >= 4 is 5.97 Å². The summed E-state index contributed by atoms with van der Waals surface area (Å²) in [6.45, 7) is 2.60. The van der Waals surface area contributed by atoms with Crippen molar-refractivity contribution in [2.24, 2.45) is 0 Å². The number of phenolic OH excluding ortho intramolecular Hbond substituents is 1. The van der Waals surface area contributed by atoms with E-state index in [2.05, 4.69) is 19.1 Å². The Bertz CT molecular complexity index is 407. The number of hydrogen-bond donors (Lipinski definition) is 1. The first-order valence-electron chi connectivity index (χ1n) is 7.35. The van der Waals surface area contributed by atoms with E-state index in [1.165, 1.54) is 37.8 Å². The molecule has 0 aromatic heterocycles. The van der Waals surface area contributed by atoms with Crippen LogP contribution < -0.4 is 0 Å². The third-order valence-electron chi connectivity index (χ3n) is 3.01. The van der Waals surface area contributed by atoms with Gasteiger partial charge in [0.15, 0.2) is 0 Å². The quantitative estimate of drug-likeness (QED) is 0.411. The molecule has 0 heterocycles. The molecule has 3 nitrogen and oxygen atoms in total. The maximum Gasteiger partial charge on any atom is 0.338 e. The number of allylic oxidation sites excluding steroid dienone is 1. The van der Waals surface area contributed by atoms with Crippen molar-refractivity contribution in [3.8, 4) is 5.75 Å². The van der Waals surface area contributed by atoms with Gasteiger partial charge < -0.3 is 9.84 Å². The minimum absolute atomic E-state index is 0.146. The smallest absolute Gasteiger partial charge is 0.338 e. The van der Waals surface area contributed by atoms with Crippen LogP contribution in [0.5, 0.6) is 5.75 Å². The summed E-state index contributed by atoms with van der Waals surface area (Å²) >= 11 is 0. The number of ether oxygens (including phenoxy) is 1. The Morgan fingerprint density at radius 1 is 1.10 bits per heavy atom. The zero-order valence-electron chi connectivity index (χ0n) is 12.2. The Morgan fingerprint density at radius 3 is 2.50 bits per heavy atom. The van der Waals surface area contributed by atoms with E-state index in [1.54, 1.807) is 12.1 Å². The average Bonchev–Trinajstić information content (AvgIpc) is 2.46. The van der Waals surface area contributed by atoms with E-state index < -0.39 is 0 Å². The van der Waals surface area contributed by atoms with Gasteiger partial charge in [0.25, 0.3) is 0 Å². The Hall–Kier alpha value is -1.77. The molecule has 0 bridgehead atoms. The maximum absolute atomic E-state index is 11.6. The lowest BCUT2D eigenvalue weighted by molar-refractivity contribution is 0.0511. The molecule has 1 aromatic carbocycles. The fraction of sp³-hybridized carbons (Fsp3) is 0.471. The number of benzene rings is 1. The summed E-state index contributed by atoms with van der Waals surface area (Å²) in [6.07, 6.45) is 11.2. The second kappa shape index (κ2) is 10.1. The van der Waals surface area contributed by atoms with E-state index in [0.29, 0.717) is 12.2 Å². The summed E-state index contributed by atoms with van der Waals surface area (Å²) in [7, 11) is 0. The molecule has 0 spiro atoms. The van der Waals surface area contributed by atoms with Crippen LogP contribution in [0.15, 0.2) is 36.4 Å². The molecular formula is C17H24O3. The molecule has 20 heavy (non-hydrogen) atoms. The Morgan fingerprint density at radius 2 is 1.80 bits per heavy atom. The fourth-order valence-corrected chi connectivity index (χ4v) is 1.83. The van der Waals surface area contributed by atoms with Gasteiger partial charge in [-0.2, -0.15) is 0 Å². The topological polar surface area (TPSA) is 46.5 Å². The zero-order chi connectivity index (χ0) is 14.6. The highest BCUT2D eigenvalue weighted by molar-refractivity contribution is 5.89. The summed E-state index contributed by atoms with van der Waals surface area (Å²) < 4.78 is 5.14. The molecule has 0 aliphatic rings. The maximum atomic E-state index is 11.6. The average molecular weight is 276 g/mol. The van der Waals surface area contributed by atoms with Gasteiger partial charge in [-0.05, 0) is 43.5 Å². The molecule has 1 N–H and O–H groups in total. The molecule has 3 heteroatoms. The van der Waals surface area contributed by atoms with Gasteiger partial charge in [0.2, 0.25) is 0 Å². The molecule has 0 saturated heterocycles. The SMILES string of the molecule is CCCCCC/C=C/CCOC(=O)c1ccc(O)cc1. The Kier molecular flexibility index (Phi) is 8.20. The van der Waals surface area contributed by atoms with E-state index in [-0.39, 0.29) is 11.7 Å². The van der Waals surface area contributed by atoms with E-state index in [9.17, 15) is 4.79 Å². The Labute approximate surface area is 121 Å². The number of carbonyl (C=O) groups excluding carboxylic acids is 1. The lowest BCUT2D eigenvalue weighted by atomic mass is 10.1. The van der Waals surface area contributed by atoms with Gasteiger partial charge in [0.05, 0.1) is 12.2 Å². The monoisotopic (exact) mass is 276 g/mol. The summed E-state index contributed by atoms with van der Waals surface area (Å²) in [6, 6.07) is 6.07. The van der Waals surface area contributed by atoms with E-state index >= 15 is 0 Å². The van der Waals surface area contributed by atoms with Crippen molar-refractivity contribution in [3.63, 3.8) is 0 Å². The van der Waals surface area contributed by atoms with Crippen LogP contribution in [0.2, 0.25) is 0 Å². The molecule has 0 saturated carbocycles. The van der Waals surface area contributed by atoms with Crippen LogP contribution in [0.3, 0.4) is 0 Å². The number of hydrogen-bond acceptors (Lipinski definition) is 3. The standard InChI is InChI=1S/C17H24O3/c1-2-3-4-5-6-7-8-9-14-20-17(19)15-10-12-16(18)13-11-15/h7-8,10-13,18H,2-6,9,14H2,1H3/b8-7+. The summed E-state index contributed by atoms with van der Waals surface area (Å²) in [5.41, 5.74) is 0.464. The second-order valence-electron chi connectivity index (χ2n) is 4.79. The van der Waals surface area contributed by atoms with Crippen molar-refractivity contribution in [2.45, 2.75) is 45.4 Å².